The van der Waals surface area contributed by atoms with Crippen molar-refractivity contribution in [1.82, 2.24) is 40.4 Å². The number of rotatable bonds is 11. The van der Waals surface area contributed by atoms with Crippen molar-refractivity contribution in [3.63, 3.8) is 0 Å². The van der Waals surface area contributed by atoms with Gasteiger partial charge in [0.15, 0.2) is 0 Å². The van der Waals surface area contributed by atoms with E-state index in [1.165, 1.54) is 7.11 Å². The van der Waals surface area contributed by atoms with Gasteiger partial charge in [0.25, 0.3) is 0 Å². The summed E-state index contributed by atoms with van der Waals surface area (Å²) in [5, 5.41) is 14.3. The number of hydrogen-bond acceptors (Lipinski definition) is 7. The fraction of sp³-hybridized carbons (Fsp3) is 0.436. The molecule has 2 aromatic carbocycles. The molecule has 4 atom stereocenters. The first-order valence-corrected chi connectivity index (χ1v) is 18.2. The van der Waals surface area contributed by atoms with Gasteiger partial charge in [0.2, 0.25) is 11.8 Å². The highest BCUT2D eigenvalue weighted by atomic mass is 35.5. The zero-order chi connectivity index (χ0) is 37.8. The molecule has 4 amide bonds. The van der Waals surface area contributed by atoms with E-state index in [1.807, 2.05) is 52.0 Å². The second kappa shape index (κ2) is 18.5. The van der Waals surface area contributed by atoms with Crippen LogP contribution in [0, 0.1) is 11.8 Å². The van der Waals surface area contributed by atoms with Crippen molar-refractivity contribution < 1.29 is 29.0 Å². The van der Waals surface area contributed by atoms with Gasteiger partial charge in [0.1, 0.15) is 23.7 Å². The third kappa shape index (κ3) is 9.42. The Morgan fingerprint density at radius 1 is 0.691 bits per heavy atom. The molecule has 2 saturated heterocycles. The number of alkyl carbamates (subject to hydrolysis) is 1. The summed E-state index contributed by atoms with van der Waals surface area (Å²) < 4.78 is 4.75. The Kier molecular flexibility index (Phi) is 14.4. The van der Waals surface area contributed by atoms with Gasteiger partial charge in [-0.15, -0.1) is 24.8 Å². The van der Waals surface area contributed by atoms with Gasteiger partial charge >= 0.3 is 12.2 Å². The van der Waals surface area contributed by atoms with Crippen LogP contribution in [0.3, 0.4) is 0 Å². The average molecular weight is 798 g/mol. The molecule has 296 valence electrons. The maximum atomic E-state index is 13.5. The Hall–Kier alpha value is -5.08. The molecule has 5 N–H and O–H groups in total. The van der Waals surface area contributed by atoms with Gasteiger partial charge in [0.05, 0.1) is 43.0 Å². The van der Waals surface area contributed by atoms with E-state index in [-0.39, 0.29) is 60.5 Å². The number of halogens is 2. The van der Waals surface area contributed by atoms with E-state index in [9.17, 15) is 24.3 Å². The topological polar surface area (TPSA) is 186 Å². The van der Waals surface area contributed by atoms with Crippen molar-refractivity contribution >= 4 is 48.8 Å². The third-order valence-electron chi connectivity index (χ3n) is 10.2. The zero-order valence-corrected chi connectivity index (χ0v) is 33.2. The van der Waals surface area contributed by atoms with Crippen molar-refractivity contribution in [3.8, 4) is 33.6 Å². The minimum Gasteiger partial charge on any atom is -0.465 e. The number of amides is 4. The number of likely N-dealkylation sites (tertiary alicyclic amines) is 2. The Labute approximate surface area is 333 Å². The van der Waals surface area contributed by atoms with E-state index >= 15 is 0 Å². The summed E-state index contributed by atoms with van der Waals surface area (Å²) in [7, 11) is 1.29. The van der Waals surface area contributed by atoms with Gasteiger partial charge in [-0.3, -0.25) is 9.59 Å². The number of ether oxygens (including phenoxy) is 1. The van der Waals surface area contributed by atoms with Crippen LogP contribution < -0.4 is 10.6 Å². The van der Waals surface area contributed by atoms with Gasteiger partial charge in [-0.05, 0) is 59.8 Å². The first-order chi connectivity index (χ1) is 25.4. The molecule has 0 saturated carbocycles. The molecule has 14 nitrogen and oxygen atoms in total. The highest BCUT2D eigenvalue weighted by Crippen LogP contribution is 2.35. The molecule has 2 aliphatic rings. The molecule has 2 unspecified atom stereocenters. The van der Waals surface area contributed by atoms with Gasteiger partial charge < -0.3 is 40.2 Å². The molecule has 2 fully saturated rings. The largest absolute Gasteiger partial charge is 0.465 e. The summed E-state index contributed by atoms with van der Waals surface area (Å²) in [6.07, 6.45) is 4.91. The second-order valence-corrected chi connectivity index (χ2v) is 14.4. The zero-order valence-electron chi connectivity index (χ0n) is 31.6. The summed E-state index contributed by atoms with van der Waals surface area (Å²) in [6.45, 7) is 8.59. The lowest BCUT2D eigenvalue weighted by Crippen LogP contribution is -2.51. The number of benzene rings is 2. The number of nitrogens with one attached hydrogen (secondary N) is 4. The predicted molar refractivity (Wildman–Crippen MR) is 213 cm³/mol. The molecule has 0 radical (unpaired) electrons. The Morgan fingerprint density at radius 2 is 1.07 bits per heavy atom. The number of hydrogen-bond donors (Lipinski definition) is 5. The van der Waals surface area contributed by atoms with Crippen LogP contribution in [0.2, 0.25) is 0 Å². The SMILES string of the molecule is COC(=O)NC(C(=O)N1CCC[C@H]1c1ncc(-c2ccc(-c3ccc(-c4cnc([C@@H]5CCCN5C(=O)C(NC(=O)O)C(C)C)[nH]4)cc3)cc2)[nH]1)C(C)C.Cl.Cl. The van der Waals surface area contributed by atoms with Crippen molar-refractivity contribution in [2.45, 2.75) is 77.5 Å². The van der Waals surface area contributed by atoms with Crippen molar-refractivity contribution in [2.75, 3.05) is 20.2 Å². The van der Waals surface area contributed by atoms with Crippen molar-refractivity contribution in [1.29, 1.82) is 0 Å². The molecule has 2 aromatic heterocycles. The molecule has 55 heavy (non-hydrogen) atoms. The lowest BCUT2D eigenvalue weighted by atomic mass is 10.0. The number of carbonyl (C=O) groups is 4. The predicted octanol–water partition coefficient (Wildman–Crippen LogP) is 6.98. The molecule has 4 aromatic rings. The molecule has 6 rings (SSSR count). The van der Waals surface area contributed by atoms with E-state index in [0.29, 0.717) is 18.9 Å². The molecule has 16 heteroatoms. The monoisotopic (exact) mass is 796 g/mol. The van der Waals surface area contributed by atoms with E-state index in [1.54, 1.807) is 22.2 Å². The smallest absolute Gasteiger partial charge is 0.407 e. The minimum absolute atomic E-state index is 0. The Bertz CT molecular complexity index is 1930. The summed E-state index contributed by atoms with van der Waals surface area (Å²) in [5.74, 6) is 0.737. The van der Waals surface area contributed by atoms with E-state index in [4.69, 9.17) is 4.74 Å². The summed E-state index contributed by atoms with van der Waals surface area (Å²) in [4.78, 5) is 69.8. The molecule has 4 heterocycles. The van der Waals surface area contributed by atoms with Crippen LogP contribution in [0.1, 0.15) is 77.1 Å². The summed E-state index contributed by atoms with van der Waals surface area (Å²) in [6, 6.07) is 14.4. The number of carboxylic acid groups (broad SMARTS) is 1. The second-order valence-electron chi connectivity index (χ2n) is 14.4. The molecular weight excluding hydrogens is 747 g/mol. The van der Waals surface area contributed by atoms with Gasteiger partial charge in [-0.25, -0.2) is 19.6 Å². The van der Waals surface area contributed by atoms with Crippen LogP contribution in [-0.4, -0.2) is 91.1 Å². The van der Waals surface area contributed by atoms with E-state index in [0.717, 1.165) is 65.1 Å². The van der Waals surface area contributed by atoms with Gasteiger partial charge in [0, 0.05) is 13.1 Å². The summed E-state index contributed by atoms with van der Waals surface area (Å²) >= 11 is 0. The average Bonchev–Trinajstić information content (AvgIpc) is 3.98. The highest BCUT2D eigenvalue weighted by molar-refractivity contribution is 5.87. The minimum atomic E-state index is -1.21. The fourth-order valence-electron chi connectivity index (χ4n) is 7.32. The quantitative estimate of drug-likeness (QED) is 0.108. The molecular formula is C39H50Cl2N8O6. The number of nitrogens with zero attached hydrogens (tertiary/aromatic N) is 4. The van der Waals surface area contributed by atoms with Crippen LogP contribution in [0.25, 0.3) is 33.6 Å². The van der Waals surface area contributed by atoms with Gasteiger partial charge in [-0.2, -0.15) is 0 Å². The number of methoxy groups -OCH3 is 1. The lowest BCUT2D eigenvalue weighted by Gasteiger charge is -2.30. The molecule has 0 spiro atoms. The lowest BCUT2D eigenvalue weighted by molar-refractivity contribution is -0.136. The number of H-pyrrole nitrogens is 2. The van der Waals surface area contributed by atoms with E-state index < -0.39 is 24.3 Å². The normalized spacial score (nSPS) is 17.7. The maximum Gasteiger partial charge on any atom is 0.407 e. The number of carbonyl (C=O) groups excluding carboxylic acids is 3. The maximum absolute atomic E-state index is 13.5. The number of aromatic nitrogens is 4. The van der Waals surface area contributed by atoms with Crippen LogP contribution >= 0.6 is 24.8 Å². The molecule has 2 aliphatic heterocycles. The van der Waals surface area contributed by atoms with Crippen LogP contribution in [-0.2, 0) is 14.3 Å². The van der Waals surface area contributed by atoms with Crippen LogP contribution in [0.4, 0.5) is 9.59 Å². The summed E-state index contributed by atoms with van der Waals surface area (Å²) in [5.41, 5.74) is 5.70. The third-order valence-corrected chi connectivity index (χ3v) is 10.2. The standard InChI is InChI=1S/C39H48N8O6.2ClH/c1-22(2)32(44-38(50)51)36(48)46-18-6-8-30(46)34-40-20-28(42-34)26-14-10-24(11-15-26)25-12-16-27(17-13-25)29-21-41-35(43-29)31-9-7-19-47(31)37(49)33(23(3)4)45-39(52)53-5;;/h10-17,20-23,30-33,44H,6-9,18-19H2,1-5H3,(H,40,42)(H,41,43)(H,45,52)(H,50,51);2*1H/t30-,31-,32?,33?;;/m0../s1. The Balaban J connectivity index is 0.00000336. The Morgan fingerprint density at radius 3 is 1.44 bits per heavy atom. The number of imidazole rings is 2. The van der Waals surface area contributed by atoms with Crippen molar-refractivity contribution in [2.24, 2.45) is 11.8 Å². The molecule has 0 aliphatic carbocycles. The molecule has 0 bridgehead atoms. The van der Waals surface area contributed by atoms with E-state index in [2.05, 4.69) is 54.8 Å². The first-order valence-electron chi connectivity index (χ1n) is 18.2. The highest BCUT2D eigenvalue weighted by Gasteiger charge is 2.39. The first kappa shape index (κ1) is 42.7. The fourth-order valence-corrected chi connectivity index (χ4v) is 7.32. The van der Waals surface area contributed by atoms with Crippen LogP contribution in [0.5, 0.6) is 0 Å². The van der Waals surface area contributed by atoms with Crippen molar-refractivity contribution in [3.05, 3.63) is 72.6 Å². The number of aromatic amines is 2. The van der Waals surface area contributed by atoms with Crippen LogP contribution in [0.15, 0.2) is 60.9 Å². The van der Waals surface area contributed by atoms with Gasteiger partial charge in [-0.1, -0.05) is 76.2 Å².